The normalized spacial score (nSPS) is 19.1. The number of rotatable bonds is 8. The summed E-state index contributed by atoms with van der Waals surface area (Å²) in [4.78, 5) is 13.6. The summed E-state index contributed by atoms with van der Waals surface area (Å²) in [5.74, 6) is 0.967. The smallest absolute Gasteiger partial charge is 0.234 e. The second-order valence-corrected chi connectivity index (χ2v) is 5.21. The summed E-state index contributed by atoms with van der Waals surface area (Å²) in [6.45, 7) is 8.09. The van der Waals surface area contributed by atoms with Gasteiger partial charge < -0.3 is 5.32 Å². The lowest BCUT2D eigenvalue weighted by molar-refractivity contribution is -0.124. The van der Waals surface area contributed by atoms with Crippen LogP contribution in [0.3, 0.4) is 0 Å². The first kappa shape index (κ1) is 14.5. The van der Waals surface area contributed by atoms with E-state index in [0.717, 1.165) is 25.6 Å². The number of carbonyl (C=O) groups excluding carboxylic acids is 1. The van der Waals surface area contributed by atoms with Crippen LogP contribution >= 0.6 is 0 Å². The van der Waals surface area contributed by atoms with Crippen molar-refractivity contribution < 1.29 is 4.79 Å². The topological polar surface area (TPSA) is 32.3 Å². The van der Waals surface area contributed by atoms with Gasteiger partial charge >= 0.3 is 0 Å². The van der Waals surface area contributed by atoms with Crippen molar-refractivity contribution in [1.82, 2.24) is 10.2 Å². The number of nitrogens with one attached hydrogen (secondary N) is 1. The van der Waals surface area contributed by atoms with E-state index in [9.17, 15) is 4.79 Å². The fourth-order valence-corrected chi connectivity index (χ4v) is 2.50. The van der Waals surface area contributed by atoms with Crippen molar-refractivity contribution in [2.45, 2.75) is 52.4 Å². The minimum atomic E-state index is 0.192. The van der Waals surface area contributed by atoms with Crippen molar-refractivity contribution in [2.24, 2.45) is 5.92 Å². The molecule has 1 saturated heterocycles. The molecule has 1 fully saturated rings. The van der Waals surface area contributed by atoms with Crippen LogP contribution in [-0.2, 0) is 4.79 Å². The summed E-state index contributed by atoms with van der Waals surface area (Å²) < 4.78 is 0. The molecule has 3 heteroatoms. The molecule has 17 heavy (non-hydrogen) atoms. The summed E-state index contributed by atoms with van der Waals surface area (Å²) in [6, 6.07) is 0. The van der Waals surface area contributed by atoms with Gasteiger partial charge in [-0.3, -0.25) is 9.69 Å². The SMILES string of the molecule is CCCCCCC(CC)CN1CCNC(=O)C1. The third-order valence-electron chi connectivity index (χ3n) is 3.68. The monoisotopic (exact) mass is 240 g/mol. The van der Waals surface area contributed by atoms with Crippen molar-refractivity contribution in [2.75, 3.05) is 26.2 Å². The molecule has 1 aliphatic heterocycles. The zero-order valence-electron chi connectivity index (χ0n) is 11.5. The molecular formula is C14H28N2O. The first-order valence-electron chi connectivity index (χ1n) is 7.25. The summed E-state index contributed by atoms with van der Waals surface area (Å²) in [5.41, 5.74) is 0. The molecule has 3 nitrogen and oxygen atoms in total. The highest BCUT2D eigenvalue weighted by molar-refractivity contribution is 5.78. The average Bonchev–Trinajstić information content (AvgIpc) is 2.33. The minimum Gasteiger partial charge on any atom is -0.354 e. The van der Waals surface area contributed by atoms with Crippen LogP contribution in [0, 0.1) is 5.92 Å². The quantitative estimate of drug-likeness (QED) is 0.661. The van der Waals surface area contributed by atoms with Crippen LogP contribution < -0.4 is 5.32 Å². The largest absolute Gasteiger partial charge is 0.354 e. The summed E-state index contributed by atoms with van der Waals surface area (Å²) in [6.07, 6.45) is 7.96. The standard InChI is InChI=1S/C14H28N2O/c1-3-5-6-7-8-13(4-2)11-16-10-9-15-14(17)12-16/h13H,3-12H2,1-2H3,(H,15,17). The van der Waals surface area contributed by atoms with Crippen LogP contribution in [-0.4, -0.2) is 37.0 Å². The molecule has 0 radical (unpaired) electrons. The lowest BCUT2D eigenvalue weighted by Gasteiger charge is -2.29. The van der Waals surface area contributed by atoms with Crippen LogP contribution in [0.5, 0.6) is 0 Å². The Bertz CT molecular complexity index is 218. The van der Waals surface area contributed by atoms with Gasteiger partial charge in [0.25, 0.3) is 0 Å². The number of unbranched alkanes of at least 4 members (excludes halogenated alkanes) is 3. The first-order valence-corrected chi connectivity index (χ1v) is 7.25. The molecule has 0 aromatic rings. The molecule has 1 unspecified atom stereocenters. The predicted molar refractivity (Wildman–Crippen MR) is 72.0 cm³/mol. The summed E-state index contributed by atoms with van der Waals surface area (Å²) >= 11 is 0. The number of carbonyl (C=O) groups is 1. The van der Waals surface area contributed by atoms with Gasteiger partial charge in [0, 0.05) is 19.6 Å². The molecule has 1 aliphatic rings. The zero-order valence-corrected chi connectivity index (χ0v) is 11.5. The predicted octanol–water partition coefficient (Wildman–Crippen LogP) is 2.41. The Hall–Kier alpha value is -0.570. The minimum absolute atomic E-state index is 0.192. The highest BCUT2D eigenvalue weighted by atomic mass is 16.2. The first-order chi connectivity index (χ1) is 8.26. The highest BCUT2D eigenvalue weighted by Crippen LogP contribution is 2.16. The number of nitrogens with zero attached hydrogens (tertiary/aromatic N) is 1. The molecule has 100 valence electrons. The molecule has 1 rings (SSSR count). The molecular weight excluding hydrogens is 212 g/mol. The lowest BCUT2D eigenvalue weighted by Crippen LogP contribution is -2.48. The van der Waals surface area contributed by atoms with E-state index in [-0.39, 0.29) is 5.91 Å². The van der Waals surface area contributed by atoms with Crippen molar-refractivity contribution in [3.05, 3.63) is 0 Å². The van der Waals surface area contributed by atoms with Gasteiger partial charge in [0.05, 0.1) is 6.54 Å². The van der Waals surface area contributed by atoms with E-state index in [0.29, 0.717) is 6.54 Å². The Kier molecular flexibility index (Phi) is 7.25. The second-order valence-electron chi connectivity index (χ2n) is 5.21. The molecule has 0 bridgehead atoms. The maximum absolute atomic E-state index is 11.3. The van der Waals surface area contributed by atoms with Gasteiger partial charge in [-0.25, -0.2) is 0 Å². The summed E-state index contributed by atoms with van der Waals surface area (Å²) in [5, 5.41) is 2.88. The molecule has 1 heterocycles. The van der Waals surface area contributed by atoms with Crippen molar-refractivity contribution >= 4 is 5.91 Å². The number of hydrogen-bond acceptors (Lipinski definition) is 2. The van der Waals surface area contributed by atoms with Crippen molar-refractivity contribution in [3.63, 3.8) is 0 Å². The van der Waals surface area contributed by atoms with Gasteiger partial charge in [0.2, 0.25) is 5.91 Å². The van der Waals surface area contributed by atoms with Crippen LogP contribution in [0.25, 0.3) is 0 Å². The van der Waals surface area contributed by atoms with Gasteiger partial charge in [-0.15, -0.1) is 0 Å². The van der Waals surface area contributed by atoms with E-state index in [4.69, 9.17) is 0 Å². The number of piperazine rings is 1. The molecule has 0 aromatic heterocycles. The molecule has 1 N–H and O–H groups in total. The van der Waals surface area contributed by atoms with Gasteiger partial charge in [0.1, 0.15) is 0 Å². The molecule has 0 spiro atoms. The second kappa shape index (κ2) is 8.51. The fourth-order valence-electron chi connectivity index (χ4n) is 2.50. The molecule has 0 aliphatic carbocycles. The summed E-state index contributed by atoms with van der Waals surface area (Å²) in [7, 11) is 0. The van der Waals surface area contributed by atoms with E-state index in [1.165, 1.54) is 38.5 Å². The molecule has 0 aromatic carbocycles. The molecule has 1 amide bonds. The van der Waals surface area contributed by atoms with Gasteiger partial charge in [-0.05, 0) is 12.3 Å². The maximum Gasteiger partial charge on any atom is 0.234 e. The van der Waals surface area contributed by atoms with Gasteiger partial charge in [0.15, 0.2) is 0 Å². The Balaban J connectivity index is 2.18. The average molecular weight is 240 g/mol. The Morgan fingerprint density at radius 1 is 1.29 bits per heavy atom. The zero-order chi connectivity index (χ0) is 12.5. The van der Waals surface area contributed by atoms with E-state index in [1.807, 2.05) is 0 Å². The molecule has 1 atom stereocenters. The van der Waals surface area contributed by atoms with Crippen molar-refractivity contribution in [3.8, 4) is 0 Å². The Morgan fingerprint density at radius 3 is 2.76 bits per heavy atom. The van der Waals surface area contributed by atoms with E-state index < -0.39 is 0 Å². The highest BCUT2D eigenvalue weighted by Gasteiger charge is 2.18. The van der Waals surface area contributed by atoms with Crippen LogP contribution in [0.1, 0.15) is 52.4 Å². The van der Waals surface area contributed by atoms with Crippen LogP contribution in [0.15, 0.2) is 0 Å². The van der Waals surface area contributed by atoms with Crippen molar-refractivity contribution in [1.29, 1.82) is 0 Å². The third-order valence-corrected chi connectivity index (χ3v) is 3.68. The Morgan fingerprint density at radius 2 is 2.12 bits per heavy atom. The van der Waals surface area contributed by atoms with Crippen LogP contribution in [0.4, 0.5) is 0 Å². The molecule has 0 saturated carbocycles. The van der Waals surface area contributed by atoms with E-state index in [2.05, 4.69) is 24.1 Å². The number of amides is 1. The van der Waals surface area contributed by atoms with E-state index >= 15 is 0 Å². The van der Waals surface area contributed by atoms with Gasteiger partial charge in [-0.1, -0.05) is 46.0 Å². The Labute approximate surface area is 106 Å². The maximum atomic E-state index is 11.3. The van der Waals surface area contributed by atoms with E-state index in [1.54, 1.807) is 0 Å². The van der Waals surface area contributed by atoms with Gasteiger partial charge in [-0.2, -0.15) is 0 Å². The van der Waals surface area contributed by atoms with Crippen LogP contribution in [0.2, 0.25) is 0 Å². The lowest BCUT2D eigenvalue weighted by atomic mass is 9.97. The third kappa shape index (κ3) is 6.06. The fraction of sp³-hybridized carbons (Fsp3) is 0.929. The number of hydrogen-bond donors (Lipinski definition) is 1.